The fourth-order valence-corrected chi connectivity index (χ4v) is 2.83. The lowest BCUT2D eigenvalue weighted by Gasteiger charge is -2.31. The molecular weight excluding hydrogens is 310 g/mol. The molecule has 0 bridgehead atoms. The molecule has 1 fully saturated rings. The van der Waals surface area contributed by atoms with Crippen molar-refractivity contribution >= 4 is 11.8 Å². The number of benzene rings is 1. The Balaban J connectivity index is 1.84. The van der Waals surface area contributed by atoms with Gasteiger partial charge in [-0.05, 0) is 43.2 Å². The van der Waals surface area contributed by atoms with Gasteiger partial charge in [-0.3, -0.25) is 9.59 Å². The van der Waals surface area contributed by atoms with Gasteiger partial charge in [0.25, 0.3) is 5.56 Å². The van der Waals surface area contributed by atoms with E-state index in [-0.39, 0.29) is 11.5 Å². The summed E-state index contributed by atoms with van der Waals surface area (Å²) in [6, 6.07) is 10.3. The van der Waals surface area contributed by atoms with Gasteiger partial charge in [0.15, 0.2) is 0 Å². The minimum Gasteiger partial charge on any atom is -0.497 e. The van der Waals surface area contributed by atoms with Crippen LogP contribution in [0, 0.1) is 5.92 Å². The number of ether oxygens (including phenoxy) is 1. The molecule has 126 valence electrons. The normalized spacial score (nSPS) is 15.3. The van der Waals surface area contributed by atoms with Crippen LogP contribution in [0.15, 0.2) is 41.2 Å². The smallest absolute Gasteiger partial charge is 0.306 e. The molecular formula is C17H19N3O4. The first kappa shape index (κ1) is 16.0. The number of aliphatic carboxylic acids is 1. The third-order valence-corrected chi connectivity index (χ3v) is 4.27. The van der Waals surface area contributed by atoms with E-state index in [1.807, 2.05) is 4.90 Å². The van der Waals surface area contributed by atoms with Gasteiger partial charge in [-0.2, -0.15) is 4.68 Å². The van der Waals surface area contributed by atoms with E-state index < -0.39 is 5.97 Å². The quantitative estimate of drug-likeness (QED) is 0.916. The second-order valence-electron chi connectivity index (χ2n) is 5.74. The Labute approximate surface area is 139 Å². The van der Waals surface area contributed by atoms with Crippen molar-refractivity contribution in [3.63, 3.8) is 0 Å². The van der Waals surface area contributed by atoms with Crippen molar-refractivity contribution in [2.45, 2.75) is 12.8 Å². The molecule has 0 unspecified atom stereocenters. The summed E-state index contributed by atoms with van der Waals surface area (Å²) in [7, 11) is 1.58. The van der Waals surface area contributed by atoms with Gasteiger partial charge in [-0.15, -0.1) is 5.10 Å². The Morgan fingerprint density at radius 3 is 2.42 bits per heavy atom. The largest absolute Gasteiger partial charge is 0.497 e. The van der Waals surface area contributed by atoms with Crippen LogP contribution in [-0.4, -0.2) is 41.1 Å². The molecule has 0 atom stereocenters. The third kappa shape index (κ3) is 3.24. The molecule has 2 aromatic rings. The lowest BCUT2D eigenvalue weighted by atomic mass is 9.97. The molecule has 1 N–H and O–H groups in total. The molecule has 1 aromatic heterocycles. The number of methoxy groups -OCH3 is 1. The van der Waals surface area contributed by atoms with Crippen molar-refractivity contribution in [2.24, 2.45) is 5.92 Å². The van der Waals surface area contributed by atoms with E-state index in [9.17, 15) is 9.59 Å². The zero-order valence-corrected chi connectivity index (χ0v) is 13.4. The van der Waals surface area contributed by atoms with Crippen LogP contribution >= 0.6 is 0 Å². The number of hydrogen-bond acceptors (Lipinski definition) is 5. The molecule has 1 aliphatic heterocycles. The van der Waals surface area contributed by atoms with Crippen molar-refractivity contribution < 1.29 is 14.6 Å². The lowest BCUT2D eigenvalue weighted by Crippen LogP contribution is -2.37. The minimum atomic E-state index is -0.745. The Kier molecular flexibility index (Phi) is 4.50. The average molecular weight is 329 g/mol. The summed E-state index contributed by atoms with van der Waals surface area (Å²) in [5.74, 6) is 0.340. The van der Waals surface area contributed by atoms with E-state index in [1.54, 1.807) is 37.4 Å². The fraction of sp³-hybridized carbons (Fsp3) is 0.353. The van der Waals surface area contributed by atoms with Crippen LogP contribution in [0.25, 0.3) is 5.69 Å². The number of carboxylic acids is 1. The van der Waals surface area contributed by atoms with Crippen molar-refractivity contribution in [3.05, 3.63) is 46.8 Å². The average Bonchev–Trinajstić information content (AvgIpc) is 2.62. The molecule has 7 heteroatoms. The molecule has 24 heavy (non-hydrogen) atoms. The highest BCUT2D eigenvalue weighted by Gasteiger charge is 2.25. The highest BCUT2D eigenvalue weighted by molar-refractivity contribution is 5.70. The zero-order chi connectivity index (χ0) is 17.1. The second-order valence-corrected chi connectivity index (χ2v) is 5.74. The first-order valence-corrected chi connectivity index (χ1v) is 7.81. The van der Waals surface area contributed by atoms with Gasteiger partial charge in [0, 0.05) is 19.2 Å². The molecule has 0 saturated carbocycles. The molecule has 0 spiro atoms. The van der Waals surface area contributed by atoms with Gasteiger partial charge in [-0.25, -0.2) is 0 Å². The molecule has 3 rings (SSSR count). The van der Waals surface area contributed by atoms with E-state index in [0.717, 1.165) is 0 Å². The van der Waals surface area contributed by atoms with Crippen molar-refractivity contribution in [1.29, 1.82) is 0 Å². The van der Waals surface area contributed by atoms with Gasteiger partial charge in [0.2, 0.25) is 0 Å². The van der Waals surface area contributed by atoms with Crippen LogP contribution in [0.5, 0.6) is 5.75 Å². The van der Waals surface area contributed by atoms with Gasteiger partial charge >= 0.3 is 5.97 Å². The van der Waals surface area contributed by atoms with Crippen molar-refractivity contribution in [1.82, 2.24) is 9.78 Å². The second kappa shape index (κ2) is 6.74. The summed E-state index contributed by atoms with van der Waals surface area (Å²) in [6.07, 6.45) is 1.16. The molecule has 1 saturated heterocycles. The molecule has 1 aromatic carbocycles. The maximum Gasteiger partial charge on any atom is 0.306 e. The molecule has 7 nitrogen and oxygen atoms in total. The minimum absolute atomic E-state index is 0.218. The summed E-state index contributed by atoms with van der Waals surface area (Å²) in [4.78, 5) is 25.2. The summed E-state index contributed by atoms with van der Waals surface area (Å²) in [5, 5.41) is 13.5. The van der Waals surface area contributed by atoms with E-state index in [0.29, 0.717) is 43.2 Å². The number of carbonyl (C=O) groups is 1. The predicted molar refractivity (Wildman–Crippen MR) is 89.0 cm³/mol. The predicted octanol–water partition coefficient (Wildman–Crippen LogP) is 1.54. The highest BCUT2D eigenvalue weighted by Crippen LogP contribution is 2.22. The third-order valence-electron chi connectivity index (χ3n) is 4.27. The van der Waals surface area contributed by atoms with E-state index in [2.05, 4.69) is 5.10 Å². The molecule has 1 aliphatic rings. The van der Waals surface area contributed by atoms with Crippen molar-refractivity contribution in [3.8, 4) is 11.4 Å². The Bertz CT molecular complexity index is 777. The summed E-state index contributed by atoms with van der Waals surface area (Å²) >= 11 is 0. The fourth-order valence-electron chi connectivity index (χ4n) is 2.83. The number of hydrogen-bond donors (Lipinski definition) is 1. The number of nitrogens with zero attached hydrogens (tertiary/aromatic N) is 3. The van der Waals surface area contributed by atoms with Crippen LogP contribution in [0.1, 0.15) is 12.8 Å². The van der Waals surface area contributed by atoms with Crippen molar-refractivity contribution in [2.75, 3.05) is 25.1 Å². The summed E-state index contributed by atoms with van der Waals surface area (Å²) in [5.41, 5.74) is 0.437. The standard InChI is InChI=1S/C17H19N3O4/c1-24-14-4-2-13(3-5-14)20-16(21)7-6-15(18-20)19-10-8-12(9-11-19)17(22)23/h2-7,12H,8-11H2,1H3,(H,22,23). The summed E-state index contributed by atoms with van der Waals surface area (Å²) in [6.45, 7) is 1.23. The van der Waals surface area contributed by atoms with Gasteiger partial charge in [-0.1, -0.05) is 0 Å². The van der Waals surface area contributed by atoms with Crippen LogP contribution in [0.4, 0.5) is 5.82 Å². The molecule has 0 radical (unpaired) electrons. The first-order chi connectivity index (χ1) is 11.6. The SMILES string of the molecule is COc1ccc(-n2nc(N3CCC(C(=O)O)CC3)ccc2=O)cc1. The number of anilines is 1. The number of carboxylic acid groups (broad SMARTS) is 1. The van der Waals surface area contributed by atoms with Crippen LogP contribution in [0.2, 0.25) is 0 Å². The Morgan fingerprint density at radius 2 is 1.83 bits per heavy atom. The molecule has 2 heterocycles. The summed E-state index contributed by atoms with van der Waals surface area (Å²) < 4.78 is 6.46. The number of aromatic nitrogens is 2. The highest BCUT2D eigenvalue weighted by atomic mass is 16.5. The van der Waals surface area contributed by atoms with Crippen LogP contribution < -0.4 is 15.2 Å². The first-order valence-electron chi connectivity index (χ1n) is 7.81. The monoisotopic (exact) mass is 329 g/mol. The maximum atomic E-state index is 12.1. The van der Waals surface area contributed by atoms with Gasteiger partial charge < -0.3 is 14.7 Å². The number of rotatable bonds is 4. The molecule has 0 amide bonds. The van der Waals surface area contributed by atoms with Crippen LogP contribution in [0.3, 0.4) is 0 Å². The zero-order valence-electron chi connectivity index (χ0n) is 13.4. The van der Waals surface area contributed by atoms with Gasteiger partial charge in [0.1, 0.15) is 11.6 Å². The Morgan fingerprint density at radius 1 is 1.17 bits per heavy atom. The van der Waals surface area contributed by atoms with Gasteiger partial charge in [0.05, 0.1) is 18.7 Å². The van der Waals surface area contributed by atoms with Crippen LogP contribution in [-0.2, 0) is 4.79 Å². The van der Waals surface area contributed by atoms with E-state index in [1.165, 1.54) is 10.7 Å². The lowest BCUT2D eigenvalue weighted by molar-refractivity contribution is -0.142. The topological polar surface area (TPSA) is 84.7 Å². The number of piperidine rings is 1. The maximum absolute atomic E-state index is 12.1. The van der Waals surface area contributed by atoms with E-state index in [4.69, 9.17) is 9.84 Å². The molecule has 0 aliphatic carbocycles. The van der Waals surface area contributed by atoms with E-state index >= 15 is 0 Å². The Hall–Kier alpha value is -2.83.